The highest BCUT2D eigenvalue weighted by Gasteiger charge is 2.36. The number of hydrogen-bond donors (Lipinski definition) is 1. The van der Waals surface area contributed by atoms with Gasteiger partial charge in [0, 0.05) is 5.02 Å². The molecule has 0 spiro atoms. The van der Waals surface area contributed by atoms with Gasteiger partial charge in [-0.15, -0.1) is 5.10 Å². The Hall–Kier alpha value is -2.32. The summed E-state index contributed by atoms with van der Waals surface area (Å²) >= 11 is 6.11. The van der Waals surface area contributed by atoms with E-state index in [0.717, 1.165) is 25.7 Å². The molecule has 4 rings (SSSR count). The van der Waals surface area contributed by atoms with Gasteiger partial charge < -0.3 is 10.3 Å². The van der Waals surface area contributed by atoms with Crippen molar-refractivity contribution in [3.63, 3.8) is 0 Å². The normalized spacial score (nSPS) is 16.8. The molecule has 1 aliphatic rings. The van der Waals surface area contributed by atoms with E-state index < -0.39 is 5.54 Å². The second-order valence-electron chi connectivity index (χ2n) is 5.70. The van der Waals surface area contributed by atoms with Crippen molar-refractivity contribution in [3.05, 3.63) is 35.4 Å². The molecule has 1 aromatic carbocycles. The lowest BCUT2D eigenvalue weighted by Crippen LogP contribution is -2.34. The molecule has 2 aromatic heterocycles. The topological polar surface area (TPSA) is 109 Å². The van der Waals surface area contributed by atoms with Crippen molar-refractivity contribution < 1.29 is 4.52 Å². The van der Waals surface area contributed by atoms with Gasteiger partial charge in [0.2, 0.25) is 0 Å². The van der Waals surface area contributed by atoms with Crippen molar-refractivity contribution in [1.82, 2.24) is 30.3 Å². The van der Waals surface area contributed by atoms with E-state index in [9.17, 15) is 0 Å². The van der Waals surface area contributed by atoms with Crippen LogP contribution in [0.5, 0.6) is 0 Å². The molecule has 9 heteroatoms. The summed E-state index contributed by atoms with van der Waals surface area (Å²) in [6, 6.07) is 5.29. The van der Waals surface area contributed by atoms with Crippen LogP contribution in [-0.2, 0) is 5.54 Å². The number of aromatic nitrogens is 6. The number of tetrazole rings is 1. The maximum atomic E-state index is 6.39. The molecule has 0 aliphatic heterocycles. The average Bonchev–Trinajstić information content (AvgIpc) is 3.29. The van der Waals surface area contributed by atoms with E-state index in [4.69, 9.17) is 21.9 Å². The summed E-state index contributed by atoms with van der Waals surface area (Å²) in [6.07, 6.45) is 5.37. The lowest BCUT2D eigenvalue weighted by atomic mass is 9.98. The van der Waals surface area contributed by atoms with Crippen LogP contribution in [0.3, 0.4) is 0 Å². The van der Waals surface area contributed by atoms with Gasteiger partial charge in [0.1, 0.15) is 6.33 Å². The van der Waals surface area contributed by atoms with Gasteiger partial charge >= 0.3 is 0 Å². The van der Waals surface area contributed by atoms with Crippen LogP contribution in [0.1, 0.15) is 31.5 Å². The zero-order valence-electron chi connectivity index (χ0n) is 12.2. The predicted molar refractivity (Wildman–Crippen MR) is 81.8 cm³/mol. The molecule has 2 N–H and O–H groups in total. The first-order chi connectivity index (χ1) is 11.2. The van der Waals surface area contributed by atoms with Crippen molar-refractivity contribution in [2.75, 3.05) is 0 Å². The summed E-state index contributed by atoms with van der Waals surface area (Å²) in [5.74, 6) is 0.886. The van der Waals surface area contributed by atoms with Crippen LogP contribution < -0.4 is 5.73 Å². The first-order valence-corrected chi connectivity index (χ1v) is 7.70. The maximum absolute atomic E-state index is 6.39. The molecule has 1 fully saturated rings. The Bertz CT molecular complexity index is 824. The average molecular weight is 332 g/mol. The second kappa shape index (κ2) is 5.39. The molecule has 118 valence electrons. The number of rotatable bonds is 3. The highest BCUT2D eigenvalue weighted by atomic mass is 35.5. The van der Waals surface area contributed by atoms with Crippen LogP contribution in [0.25, 0.3) is 17.1 Å². The quantitative estimate of drug-likeness (QED) is 0.782. The Morgan fingerprint density at radius 1 is 1.26 bits per heavy atom. The van der Waals surface area contributed by atoms with Gasteiger partial charge in [-0.05, 0) is 41.5 Å². The summed E-state index contributed by atoms with van der Waals surface area (Å²) < 4.78 is 6.96. The third-order valence-electron chi connectivity index (χ3n) is 4.15. The first-order valence-electron chi connectivity index (χ1n) is 7.32. The standard InChI is InChI=1S/C14H14ClN7O/c15-9-3-4-11(22-8-17-20-21-22)10(7-9)12-18-13(19-23-12)14(16)5-1-2-6-14/h3-4,7-8H,1-2,5-6,16H2. The van der Waals surface area contributed by atoms with E-state index in [1.54, 1.807) is 18.2 Å². The molecule has 0 radical (unpaired) electrons. The predicted octanol–water partition coefficient (Wildman–Crippen LogP) is 2.09. The fourth-order valence-corrected chi connectivity index (χ4v) is 3.09. The highest BCUT2D eigenvalue weighted by Crippen LogP contribution is 2.36. The minimum absolute atomic E-state index is 0.352. The van der Waals surface area contributed by atoms with Crippen LogP contribution in [-0.4, -0.2) is 30.3 Å². The molecule has 1 saturated carbocycles. The molecule has 0 atom stereocenters. The molecule has 1 aliphatic carbocycles. The van der Waals surface area contributed by atoms with Crippen LogP contribution in [0.15, 0.2) is 29.0 Å². The monoisotopic (exact) mass is 331 g/mol. The Morgan fingerprint density at radius 3 is 2.83 bits per heavy atom. The largest absolute Gasteiger partial charge is 0.334 e. The van der Waals surface area contributed by atoms with Crippen LogP contribution in [0, 0.1) is 0 Å². The zero-order chi connectivity index (χ0) is 15.9. The number of halogens is 1. The molecule has 0 saturated heterocycles. The molecular formula is C14H14ClN7O. The lowest BCUT2D eigenvalue weighted by molar-refractivity contribution is 0.372. The fourth-order valence-electron chi connectivity index (χ4n) is 2.92. The fraction of sp³-hybridized carbons (Fsp3) is 0.357. The molecule has 0 bridgehead atoms. The molecule has 23 heavy (non-hydrogen) atoms. The van der Waals surface area contributed by atoms with Crippen molar-refractivity contribution >= 4 is 11.6 Å². The summed E-state index contributed by atoms with van der Waals surface area (Å²) in [6.45, 7) is 0. The van der Waals surface area contributed by atoms with Crippen molar-refractivity contribution in [2.24, 2.45) is 5.73 Å². The van der Waals surface area contributed by atoms with E-state index in [-0.39, 0.29) is 0 Å². The number of benzene rings is 1. The van der Waals surface area contributed by atoms with Crippen molar-refractivity contribution in [2.45, 2.75) is 31.2 Å². The zero-order valence-corrected chi connectivity index (χ0v) is 12.9. The smallest absolute Gasteiger partial charge is 0.260 e. The molecule has 2 heterocycles. The SMILES string of the molecule is NC1(c2noc(-c3cc(Cl)ccc3-n3cnnn3)n2)CCCC1. The summed E-state index contributed by atoms with van der Waals surface area (Å²) in [5.41, 5.74) is 7.24. The lowest BCUT2D eigenvalue weighted by Gasteiger charge is -2.17. The maximum Gasteiger partial charge on any atom is 0.260 e. The van der Waals surface area contributed by atoms with Crippen molar-refractivity contribution in [3.8, 4) is 17.1 Å². The van der Waals surface area contributed by atoms with Crippen LogP contribution >= 0.6 is 11.6 Å². The van der Waals surface area contributed by atoms with Gasteiger partial charge in [-0.1, -0.05) is 29.6 Å². The van der Waals surface area contributed by atoms with Gasteiger partial charge in [0.15, 0.2) is 5.82 Å². The first kappa shape index (κ1) is 14.3. The van der Waals surface area contributed by atoms with Gasteiger partial charge in [0.25, 0.3) is 5.89 Å². The second-order valence-corrected chi connectivity index (χ2v) is 6.14. The van der Waals surface area contributed by atoms with Gasteiger partial charge in [-0.25, -0.2) is 0 Å². The number of hydrogen-bond acceptors (Lipinski definition) is 7. The molecule has 3 aromatic rings. The highest BCUT2D eigenvalue weighted by molar-refractivity contribution is 6.31. The summed E-state index contributed by atoms with van der Waals surface area (Å²) in [7, 11) is 0. The summed E-state index contributed by atoms with van der Waals surface area (Å²) in [5, 5.41) is 15.8. The summed E-state index contributed by atoms with van der Waals surface area (Å²) in [4.78, 5) is 4.50. The minimum Gasteiger partial charge on any atom is -0.334 e. The Balaban J connectivity index is 1.79. The molecule has 0 amide bonds. The van der Waals surface area contributed by atoms with Crippen molar-refractivity contribution in [1.29, 1.82) is 0 Å². The van der Waals surface area contributed by atoms with E-state index in [1.807, 2.05) is 0 Å². The molecule has 8 nitrogen and oxygen atoms in total. The minimum atomic E-state index is -0.505. The van der Waals surface area contributed by atoms with Crippen LogP contribution in [0.4, 0.5) is 0 Å². The molecular weight excluding hydrogens is 318 g/mol. The molecule has 0 unspecified atom stereocenters. The van der Waals surface area contributed by atoms with E-state index in [1.165, 1.54) is 11.0 Å². The Labute approximate surface area is 136 Å². The third-order valence-corrected chi connectivity index (χ3v) is 4.39. The van der Waals surface area contributed by atoms with Gasteiger partial charge in [-0.2, -0.15) is 9.67 Å². The van der Waals surface area contributed by atoms with Gasteiger partial charge in [-0.3, -0.25) is 0 Å². The number of nitrogens with two attached hydrogens (primary N) is 1. The van der Waals surface area contributed by atoms with E-state index in [2.05, 4.69) is 25.7 Å². The van der Waals surface area contributed by atoms with Gasteiger partial charge in [0.05, 0.1) is 16.8 Å². The van der Waals surface area contributed by atoms with E-state index >= 15 is 0 Å². The number of nitrogens with zero attached hydrogens (tertiary/aromatic N) is 6. The van der Waals surface area contributed by atoms with E-state index in [0.29, 0.717) is 28.0 Å². The third kappa shape index (κ3) is 2.49. The Kier molecular flexibility index (Phi) is 3.35. The van der Waals surface area contributed by atoms with Crippen LogP contribution in [0.2, 0.25) is 5.02 Å². The Morgan fingerprint density at radius 2 is 2.09 bits per heavy atom.